The molecule has 0 bridgehead atoms. The molecule has 1 saturated carbocycles. The molecule has 1 aliphatic heterocycles. The maximum atomic E-state index is 15.5. The summed E-state index contributed by atoms with van der Waals surface area (Å²) >= 11 is 6.08. The van der Waals surface area contributed by atoms with Gasteiger partial charge in [-0.15, -0.1) is 0 Å². The highest BCUT2D eigenvalue weighted by Crippen LogP contribution is 2.38. The summed E-state index contributed by atoms with van der Waals surface area (Å²) in [6.07, 6.45) is 8.35. The maximum absolute atomic E-state index is 15.5. The molecule has 0 unspecified atom stereocenters. The van der Waals surface area contributed by atoms with Crippen molar-refractivity contribution >= 4 is 40.0 Å². The summed E-state index contributed by atoms with van der Waals surface area (Å²) in [5.74, 6) is -1.54. The molecular formula is C23H23ClFN5O3. The highest BCUT2D eigenvalue weighted by Gasteiger charge is 2.28. The Morgan fingerprint density at radius 1 is 1.24 bits per heavy atom. The number of halogens is 2. The van der Waals surface area contributed by atoms with Gasteiger partial charge in [-0.3, -0.25) is 9.78 Å². The molecule has 1 N–H and O–H groups in total. The quantitative estimate of drug-likeness (QED) is 0.559. The predicted octanol–water partition coefficient (Wildman–Crippen LogP) is 3.85. The highest BCUT2D eigenvalue weighted by molar-refractivity contribution is 6.29. The molecule has 2 aliphatic rings. The van der Waals surface area contributed by atoms with E-state index in [9.17, 15) is 14.7 Å². The van der Waals surface area contributed by atoms with Gasteiger partial charge in [-0.25, -0.2) is 14.2 Å². The lowest BCUT2D eigenvalue weighted by molar-refractivity contribution is 0.0695. The molecule has 0 spiro atoms. The van der Waals surface area contributed by atoms with Crippen LogP contribution in [0, 0.1) is 5.82 Å². The fraction of sp³-hybridized carbons (Fsp3) is 0.391. The van der Waals surface area contributed by atoms with Crippen LogP contribution in [0.3, 0.4) is 0 Å². The molecule has 2 fully saturated rings. The number of nitrogens with zero attached hydrogens (tertiary/aromatic N) is 5. The van der Waals surface area contributed by atoms with Gasteiger partial charge in [-0.2, -0.15) is 0 Å². The molecule has 5 rings (SSSR count). The molecule has 0 radical (unpaired) electrons. The van der Waals surface area contributed by atoms with Crippen LogP contribution in [0.25, 0.3) is 10.9 Å². The van der Waals surface area contributed by atoms with Crippen LogP contribution in [0.1, 0.15) is 42.1 Å². The largest absolute Gasteiger partial charge is 0.477 e. The number of likely N-dealkylation sites (tertiary alicyclic amines) is 1. The number of carboxylic acid groups (broad SMARTS) is 1. The van der Waals surface area contributed by atoms with Crippen LogP contribution < -0.4 is 10.3 Å². The van der Waals surface area contributed by atoms with Gasteiger partial charge in [0.1, 0.15) is 16.5 Å². The Hall–Kier alpha value is -3.04. The summed E-state index contributed by atoms with van der Waals surface area (Å²) in [4.78, 5) is 36.9. The number of hydrogen-bond donors (Lipinski definition) is 1. The first-order valence-corrected chi connectivity index (χ1v) is 11.4. The molecule has 8 nitrogen and oxygen atoms in total. The smallest absolute Gasteiger partial charge is 0.341 e. The van der Waals surface area contributed by atoms with Gasteiger partial charge in [-0.05, 0) is 50.9 Å². The van der Waals surface area contributed by atoms with Gasteiger partial charge in [0.2, 0.25) is 5.43 Å². The van der Waals surface area contributed by atoms with Crippen LogP contribution in [-0.2, 0) is 0 Å². The van der Waals surface area contributed by atoms with Gasteiger partial charge < -0.3 is 19.5 Å². The average Bonchev–Trinajstić information content (AvgIpc) is 3.49. The van der Waals surface area contributed by atoms with Crippen molar-refractivity contribution in [1.82, 2.24) is 19.4 Å². The molecule has 33 heavy (non-hydrogen) atoms. The summed E-state index contributed by atoms with van der Waals surface area (Å²) in [6, 6.07) is 2.84. The Balaban J connectivity index is 1.65. The van der Waals surface area contributed by atoms with E-state index in [2.05, 4.69) is 14.9 Å². The van der Waals surface area contributed by atoms with Crippen LogP contribution >= 0.6 is 11.6 Å². The minimum Gasteiger partial charge on any atom is -0.477 e. The summed E-state index contributed by atoms with van der Waals surface area (Å²) < 4.78 is 17.3. The Morgan fingerprint density at radius 2 is 2.00 bits per heavy atom. The topological polar surface area (TPSA) is 91.6 Å². The summed E-state index contributed by atoms with van der Waals surface area (Å²) in [6.45, 7) is 3.15. The van der Waals surface area contributed by atoms with Crippen molar-refractivity contribution < 1.29 is 14.3 Å². The minimum absolute atomic E-state index is 0.0553. The second kappa shape index (κ2) is 8.72. The van der Waals surface area contributed by atoms with E-state index in [1.807, 2.05) is 0 Å². The molecule has 1 aromatic carbocycles. The van der Waals surface area contributed by atoms with Gasteiger partial charge in [0, 0.05) is 30.7 Å². The number of aromatic carboxylic acids is 1. The van der Waals surface area contributed by atoms with Crippen molar-refractivity contribution in [3.8, 4) is 0 Å². The molecular weight excluding hydrogens is 449 g/mol. The number of hydrogen-bond acceptors (Lipinski definition) is 6. The predicted molar refractivity (Wildman–Crippen MR) is 123 cm³/mol. The monoisotopic (exact) mass is 471 g/mol. The second-order valence-electron chi connectivity index (χ2n) is 8.54. The first-order chi connectivity index (χ1) is 15.9. The lowest BCUT2D eigenvalue weighted by atomic mass is 10.1. The number of benzene rings is 1. The highest BCUT2D eigenvalue weighted by atomic mass is 35.5. The second-order valence-corrected chi connectivity index (χ2v) is 8.92. The van der Waals surface area contributed by atoms with Crippen molar-refractivity contribution in [2.24, 2.45) is 0 Å². The van der Waals surface area contributed by atoms with Gasteiger partial charge in [0.05, 0.1) is 23.6 Å². The van der Waals surface area contributed by atoms with E-state index >= 15 is 4.39 Å². The third kappa shape index (κ3) is 4.30. The van der Waals surface area contributed by atoms with Gasteiger partial charge in [-0.1, -0.05) is 11.6 Å². The van der Waals surface area contributed by atoms with Crippen LogP contribution in [0.2, 0.25) is 5.15 Å². The molecule has 3 aromatic rings. The fourth-order valence-electron chi connectivity index (χ4n) is 4.44. The number of pyridine rings is 1. The van der Waals surface area contributed by atoms with Crippen molar-refractivity contribution in [3.05, 3.63) is 57.5 Å². The fourth-order valence-corrected chi connectivity index (χ4v) is 4.58. The molecule has 1 aliphatic carbocycles. The lowest BCUT2D eigenvalue weighted by Gasteiger charge is -2.27. The molecule has 10 heteroatoms. The Morgan fingerprint density at radius 3 is 2.67 bits per heavy atom. The first-order valence-electron chi connectivity index (χ1n) is 11.0. The zero-order valence-electron chi connectivity index (χ0n) is 17.9. The van der Waals surface area contributed by atoms with Crippen molar-refractivity contribution in [3.63, 3.8) is 0 Å². The molecule has 1 saturated heterocycles. The lowest BCUT2D eigenvalue weighted by Crippen LogP contribution is -2.32. The number of fused-ring (bicyclic) bond motifs is 1. The zero-order valence-corrected chi connectivity index (χ0v) is 18.6. The SMILES string of the molecule is O=C(O)c1cn(C2CC2)c2cc(N(CCN3CCCC3)c3cncc(Cl)n3)c(F)cc2c1=O. The van der Waals surface area contributed by atoms with Gasteiger partial charge in [0.15, 0.2) is 5.82 Å². The number of anilines is 2. The summed E-state index contributed by atoms with van der Waals surface area (Å²) in [5.41, 5.74) is -0.292. The first kappa shape index (κ1) is 21.8. The third-order valence-corrected chi connectivity index (χ3v) is 6.45. The van der Waals surface area contributed by atoms with E-state index in [-0.39, 0.29) is 27.8 Å². The average molecular weight is 472 g/mol. The van der Waals surface area contributed by atoms with Gasteiger partial charge in [0.25, 0.3) is 0 Å². The van der Waals surface area contributed by atoms with E-state index < -0.39 is 17.2 Å². The molecule has 0 atom stereocenters. The number of carboxylic acids is 1. The molecule has 172 valence electrons. The van der Waals surface area contributed by atoms with E-state index in [1.54, 1.807) is 15.5 Å². The summed E-state index contributed by atoms with van der Waals surface area (Å²) in [7, 11) is 0. The Kier molecular flexibility index (Phi) is 5.76. The van der Waals surface area contributed by atoms with Crippen LogP contribution in [-0.4, -0.2) is 56.7 Å². The molecule has 3 heterocycles. The summed E-state index contributed by atoms with van der Waals surface area (Å²) in [5, 5.41) is 9.72. The van der Waals surface area contributed by atoms with E-state index in [4.69, 9.17) is 11.6 Å². The zero-order chi connectivity index (χ0) is 23.1. The van der Waals surface area contributed by atoms with E-state index in [0.29, 0.717) is 24.4 Å². The number of carbonyl (C=O) groups is 1. The van der Waals surface area contributed by atoms with Gasteiger partial charge >= 0.3 is 5.97 Å². The minimum atomic E-state index is -1.32. The third-order valence-electron chi connectivity index (χ3n) is 6.27. The van der Waals surface area contributed by atoms with Crippen LogP contribution in [0.5, 0.6) is 0 Å². The van der Waals surface area contributed by atoms with Crippen molar-refractivity contribution in [2.75, 3.05) is 31.1 Å². The Labute approximate surface area is 194 Å². The normalized spacial score (nSPS) is 16.4. The van der Waals surface area contributed by atoms with E-state index in [1.165, 1.54) is 18.6 Å². The number of aromatic nitrogens is 3. The standard InChI is InChI=1S/C23H23ClFN5O3/c24-20-11-26-12-21(27-20)29(8-7-28-5-1-2-6-28)19-10-18-15(9-17(19)25)22(31)16(23(32)33)13-30(18)14-3-4-14/h9-14H,1-8H2,(H,32,33). The van der Waals surface area contributed by atoms with Crippen molar-refractivity contribution in [1.29, 1.82) is 0 Å². The number of rotatable bonds is 7. The molecule has 2 aromatic heterocycles. The van der Waals surface area contributed by atoms with E-state index in [0.717, 1.165) is 44.8 Å². The van der Waals surface area contributed by atoms with Crippen LogP contribution in [0.4, 0.5) is 15.9 Å². The van der Waals surface area contributed by atoms with Crippen molar-refractivity contribution in [2.45, 2.75) is 31.7 Å². The Bertz CT molecular complexity index is 1290. The molecule has 0 amide bonds. The maximum Gasteiger partial charge on any atom is 0.341 e. The van der Waals surface area contributed by atoms with Crippen LogP contribution in [0.15, 0.2) is 35.5 Å².